The van der Waals surface area contributed by atoms with Crippen molar-refractivity contribution in [2.45, 2.75) is 6.42 Å². The lowest BCUT2D eigenvalue weighted by Gasteiger charge is -2.12. The number of urea groups is 1. The van der Waals surface area contributed by atoms with Gasteiger partial charge in [-0.2, -0.15) is 0 Å². The van der Waals surface area contributed by atoms with Crippen molar-refractivity contribution in [1.82, 2.24) is 10.3 Å². The molecule has 6 heteroatoms. The van der Waals surface area contributed by atoms with Gasteiger partial charge >= 0.3 is 6.03 Å². The maximum Gasteiger partial charge on any atom is 0.319 e. The van der Waals surface area contributed by atoms with Gasteiger partial charge in [-0.25, -0.2) is 14.2 Å². The van der Waals surface area contributed by atoms with Crippen LogP contribution in [-0.4, -0.2) is 31.7 Å². The van der Waals surface area contributed by atoms with E-state index < -0.39 is 0 Å². The Kier molecular flexibility index (Phi) is 5.30. The van der Waals surface area contributed by atoms with E-state index in [2.05, 4.69) is 15.6 Å². The minimum absolute atomic E-state index is 0.256. The number of amides is 2. The fourth-order valence-electron chi connectivity index (χ4n) is 1.91. The molecule has 0 saturated heterocycles. The summed E-state index contributed by atoms with van der Waals surface area (Å²) >= 11 is 0. The Morgan fingerprint density at radius 1 is 1.23 bits per heavy atom. The van der Waals surface area contributed by atoms with Crippen LogP contribution >= 0.6 is 0 Å². The molecule has 1 aromatic carbocycles. The van der Waals surface area contributed by atoms with Gasteiger partial charge in [0.1, 0.15) is 11.6 Å². The van der Waals surface area contributed by atoms with Gasteiger partial charge in [0, 0.05) is 20.6 Å². The summed E-state index contributed by atoms with van der Waals surface area (Å²) in [5.74, 6) is 0.554. The Balaban J connectivity index is 1.79. The summed E-state index contributed by atoms with van der Waals surface area (Å²) in [6, 6.07) is 9.79. The van der Waals surface area contributed by atoms with Crippen LogP contribution in [0.2, 0.25) is 0 Å². The number of benzene rings is 1. The Bertz CT molecular complexity index is 628. The minimum Gasteiger partial charge on any atom is -0.363 e. The van der Waals surface area contributed by atoms with Gasteiger partial charge in [0.15, 0.2) is 0 Å². The molecule has 1 aromatic heterocycles. The first kappa shape index (κ1) is 15.8. The van der Waals surface area contributed by atoms with Crippen LogP contribution < -0.4 is 15.5 Å². The van der Waals surface area contributed by atoms with Crippen LogP contribution in [-0.2, 0) is 6.42 Å². The van der Waals surface area contributed by atoms with Gasteiger partial charge in [0.2, 0.25) is 0 Å². The maximum absolute atomic E-state index is 13.4. The molecule has 2 N–H and O–H groups in total. The molecule has 0 fully saturated rings. The van der Waals surface area contributed by atoms with Gasteiger partial charge < -0.3 is 15.5 Å². The molecule has 0 bridgehead atoms. The highest BCUT2D eigenvalue weighted by Crippen LogP contribution is 2.11. The number of carbonyl (C=O) groups excluding carboxylic acids is 1. The van der Waals surface area contributed by atoms with E-state index in [1.807, 2.05) is 25.1 Å². The second-order valence-electron chi connectivity index (χ2n) is 5.02. The van der Waals surface area contributed by atoms with Crippen LogP contribution in [0.3, 0.4) is 0 Å². The molecule has 1 heterocycles. The molecule has 22 heavy (non-hydrogen) atoms. The van der Waals surface area contributed by atoms with E-state index in [1.54, 1.807) is 30.5 Å². The van der Waals surface area contributed by atoms with Gasteiger partial charge in [-0.3, -0.25) is 0 Å². The summed E-state index contributed by atoms with van der Waals surface area (Å²) in [5.41, 5.74) is 1.19. The molecule has 0 aliphatic rings. The third kappa shape index (κ3) is 4.44. The zero-order valence-electron chi connectivity index (χ0n) is 12.6. The van der Waals surface area contributed by atoms with Crippen molar-refractivity contribution in [2.24, 2.45) is 0 Å². The monoisotopic (exact) mass is 302 g/mol. The average Bonchev–Trinajstić information content (AvgIpc) is 2.50. The quantitative estimate of drug-likeness (QED) is 0.892. The van der Waals surface area contributed by atoms with Crippen LogP contribution in [0.25, 0.3) is 0 Å². The van der Waals surface area contributed by atoms with Gasteiger partial charge in [0.05, 0.1) is 11.9 Å². The molecule has 0 radical (unpaired) electrons. The van der Waals surface area contributed by atoms with Crippen molar-refractivity contribution < 1.29 is 9.18 Å². The van der Waals surface area contributed by atoms with Gasteiger partial charge in [0.25, 0.3) is 0 Å². The lowest BCUT2D eigenvalue weighted by molar-refractivity contribution is 0.252. The van der Waals surface area contributed by atoms with E-state index in [4.69, 9.17) is 0 Å². The first-order chi connectivity index (χ1) is 10.6. The smallest absolute Gasteiger partial charge is 0.319 e. The number of rotatable bonds is 5. The number of hydrogen-bond acceptors (Lipinski definition) is 3. The minimum atomic E-state index is -0.337. The molecule has 2 aromatic rings. The van der Waals surface area contributed by atoms with E-state index >= 15 is 0 Å². The topological polar surface area (TPSA) is 57.3 Å². The Morgan fingerprint density at radius 3 is 2.64 bits per heavy atom. The SMILES string of the molecule is CN(C)c1ccc(NC(=O)NCCc2ccccc2F)cn1. The lowest BCUT2D eigenvalue weighted by Crippen LogP contribution is -2.30. The van der Waals surface area contributed by atoms with Gasteiger partial charge in [-0.15, -0.1) is 0 Å². The van der Waals surface area contributed by atoms with E-state index in [0.717, 1.165) is 5.82 Å². The van der Waals surface area contributed by atoms with Crippen LogP contribution in [0, 0.1) is 5.82 Å². The predicted octanol–water partition coefficient (Wildman–Crippen LogP) is 2.65. The van der Waals surface area contributed by atoms with Gasteiger partial charge in [-0.05, 0) is 30.2 Å². The van der Waals surface area contributed by atoms with E-state index in [-0.39, 0.29) is 11.8 Å². The molecule has 5 nitrogen and oxygen atoms in total. The summed E-state index contributed by atoms with van der Waals surface area (Å²) in [7, 11) is 3.79. The molecular weight excluding hydrogens is 283 g/mol. The largest absolute Gasteiger partial charge is 0.363 e. The molecule has 0 spiro atoms. The summed E-state index contributed by atoms with van der Waals surface area (Å²) in [6.07, 6.45) is 2.03. The highest BCUT2D eigenvalue weighted by Gasteiger charge is 2.04. The van der Waals surface area contributed by atoms with Gasteiger partial charge in [-0.1, -0.05) is 18.2 Å². The maximum atomic E-state index is 13.4. The molecule has 0 saturated carbocycles. The second-order valence-corrected chi connectivity index (χ2v) is 5.02. The van der Waals surface area contributed by atoms with Crippen LogP contribution in [0.5, 0.6) is 0 Å². The number of hydrogen-bond donors (Lipinski definition) is 2. The number of carbonyl (C=O) groups is 1. The number of aromatic nitrogens is 1. The highest BCUT2D eigenvalue weighted by atomic mass is 19.1. The van der Waals surface area contributed by atoms with Crippen molar-refractivity contribution in [2.75, 3.05) is 30.9 Å². The van der Waals surface area contributed by atoms with Crippen molar-refractivity contribution >= 4 is 17.5 Å². The Morgan fingerprint density at radius 2 is 2.00 bits per heavy atom. The number of pyridine rings is 1. The van der Waals surface area contributed by atoms with Crippen LogP contribution in [0.15, 0.2) is 42.6 Å². The molecular formula is C16H19FN4O. The normalized spacial score (nSPS) is 10.1. The summed E-state index contributed by atoms with van der Waals surface area (Å²) in [4.78, 5) is 17.8. The number of nitrogens with one attached hydrogen (secondary N) is 2. The zero-order chi connectivity index (χ0) is 15.9. The standard InChI is InChI=1S/C16H19FN4O/c1-21(2)15-8-7-13(11-19-15)20-16(22)18-10-9-12-5-3-4-6-14(12)17/h3-8,11H,9-10H2,1-2H3,(H2,18,20,22). The molecule has 2 amide bonds. The predicted molar refractivity (Wildman–Crippen MR) is 85.7 cm³/mol. The van der Waals surface area contributed by atoms with Crippen LogP contribution in [0.4, 0.5) is 20.7 Å². The molecule has 0 aliphatic heterocycles. The summed E-state index contributed by atoms with van der Waals surface area (Å²) < 4.78 is 13.4. The van der Waals surface area contributed by atoms with Crippen molar-refractivity contribution in [3.8, 4) is 0 Å². The number of anilines is 2. The summed E-state index contributed by atoms with van der Waals surface area (Å²) in [6.45, 7) is 0.357. The average molecular weight is 302 g/mol. The third-order valence-corrected chi connectivity index (χ3v) is 3.10. The molecule has 2 rings (SSSR count). The Hall–Kier alpha value is -2.63. The molecule has 0 atom stereocenters. The highest BCUT2D eigenvalue weighted by molar-refractivity contribution is 5.89. The molecule has 0 aliphatic carbocycles. The fourth-order valence-corrected chi connectivity index (χ4v) is 1.91. The van der Waals surface area contributed by atoms with Crippen molar-refractivity contribution in [3.05, 3.63) is 54.0 Å². The van der Waals surface area contributed by atoms with E-state index in [0.29, 0.717) is 24.2 Å². The zero-order valence-corrected chi connectivity index (χ0v) is 12.6. The van der Waals surface area contributed by atoms with Crippen LogP contribution in [0.1, 0.15) is 5.56 Å². The first-order valence-electron chi connectivity index (χ1n) is 6.98. The Labute approximate surface area is 129 Å². The van der Waals surface area contributed by atoms with E-state index in [9.17, 15) is 9.18 Å². The summed E-state index contributed by atoms with van der Waals surface area (Å²) in [5, 5.41) is 5.37. The lowest BCUT2D eigenvalue weighted by atomic mass is 10.1. The second kappa shape index (κ2) is 7.40. The fraction of sp³-hybridized carbons (Fsp3) is 0.250. The number of nitrogens with zero attached hydrogens (tertiary/aromatic N) is 2. The van der Waals surface area contributed by atoms with Crippen molar-refractivity contribution in [1.29, 1.82) is 0 Å². The molecule has 116 valence electrons. The number of halogens is 1. The van der Waals surface area contributed by atoms with E-state index in [1.165, 1.54) is 6.07 Å². The van der Waals surface area contributed by atoms with Crippen molar-refractivity contribution in [3.63, 3.8) is 0 Å². The first-order valence-corrected chi connectivity index (χ1v) is 6.98. The third-order valence-electron chi connectivity index (χ3n) is 3.10. The molecule has 0 unspecified atom stereocenters.